The molecule has 5 heteroatoms. The summed E-state index contributed by atoms with van der Waals surface area (Å²) in [4.78, 5) is 15.6. The van der Waals surface area contributed by atoms with Crippen LogP contribution in [0.3, 0.4) is 0 Å². The fourth-order valence-electron chi connectivity index (χ4n) is 1.41. The van der Waals surface area contributed by atoms with Crippen molar-refractivity contribution in [1.29, 1.82) is 0 Å². The van der Waals surface area contributed by atoms with Crippen LogP contribution in [0.5, 0.6) is 0 Å². The molecule has 0 radical (unpaired) electrons. The zero-order valence-corrected chi connectivity index (χ0v) is 11.0. The Morgan fingerprint density at radius 3 is 2.94 bits per heavy atom. The van der Waals surface area contributed by atoms with E-state index in [-0.39, 0.29) is 12.0 Å². The molecule has 5 nitrogen and oxygen atoms in total. The molecule has 1 heterocycles. The maximum atomic E-state index is 11.7. The maximum Gasteiger partial charge on any atom is 0.269 e. The summed E-state index contributed by atoms with van der Waals surface area (Å²) in [6.45, 7) is 5.36. The minimum Gasteiger partial charge on any atom is -0.399 e. The summed E-state index contributed by atoms with van der Waals surface area (Å²) in [7, 11) is 0. The third-order valence-corrected chi connectivity index (χ3v) is 2.32. The summed E-state index contributed by atoms with van der Waals surface area (Å²) in [6, 6.07) is 3.22. The van der Waals surface area contributed by atoms with E-state index in [0.29, 0.717) is 17.9 Å². The molecule has 0 atom stereocenters. The summed E-state index contributed by atoms with van der Waals surface area (Å²) < 4.78 is 5.41. The van der Waals surface area contributed by atoms with Crippen molar-refractivity contribution in [2.24, 2.45) is 0 Å². The molecule has 18 heavy (non-hydrogen) atoms. The Hall–Kier alpha value is -1.62. The third-order valence-electron chi connectivity index (χ3n) is 2.32. The van der Waals surface area contributed by atoms with E-state index in [1.165, 1.54) is 6.20 Å². The molecule has 0 unspecified atom stereocenters. The number of rotatable bonds is 7. The number of ether oxygens (including phenoxy) is 1. The Labute approximate surface area is 108 Å². The molecule has 0 fully saturated rings. The number of carbonyl (C=O) groups excluding carboxylic acids is 1. The van der Waals surface area contributed by atoms with Crippen molar-refractivity contribution in [2.75, 3.05) is 18.9 Å². The van der Waals surface area contributed by atoms with Crippen LogP contribution in [-0.4, -0.2) is 30.1 Å². The van der Waals surface area contributed by atoms with Crippen LogP contribution in [0.15, 0.2) is 18.3 Å². The van der Waals surface area contributed by atoms with E-state index in [0.717, 1.165) is 19.4 Å². The fourth-order valence-corrected chi connectivity index (χ4v) is 1.41. The Morgan fingerprint density at radius 1 is 1.50 bits per heavy atom. The fraction of sp³-hybridized carbons (Fsp3) is 0.538. The number of nitrogens with two attached hydrogens (primary N) is 1. The minimum absolute atomic E-state index is 0.188. The first-order valence-corrected chi connectivity index (χ1v) is 6.21. The molecule has 0 aliphatic rings. The highest BCUT2D eigenvalue weighted by atomic mass is 16.5. The van der Waals surface area contributed by atoms with Gasteiger partial charge in [0.25, 0.3) is 5.91 Å². The van der Waals surface area contributed by atoms with E-state index >= 15 is 0 Å². The molecule has 0 saturated carbocycles. The summed E-state index contributed by atoms with van der Waals surface area (Å²) in [5, 5.41) is 2.80. The van der Waals surface area contributed by atoms with E-state index in [4.69, 9.17) is 10.5 Å². The van der Waals surface area contributed by atoms with Crippen molar-refractivity contribution in [3.05, 3.63) is 24.0 Å². The van der Waals surface area contributed by atoms with Crippen molar-refractivity contribution in [2.45, 2.75) is 32.8 Å². The molecule has 0 aliphatic carbocycles. The zero-order valence-electron chi connectivity index (χ0n) is 11.0. The van der Waals surface area contributed by atoms with Crippen molar-refractivity contribution < 1.29 is 9.53 Å². The SMILES string of the molecule is CC(C)OCCCCNC(=O)c1cc(N)ccn1. The van der Waals surface area contributed by atoms with Gasteiger partial charge < -0.3 is 15.8 Å². The minimum atomic E-state index is -0.188. The van der Waals surface area contributed by atoms with Crippen molar-refractivity contribution in [3.63, 3.8) is 0 Å². The molecule has 1 amide bonds. The van der Waals surface area contributed by atoms with Gasteiger partial charge in [-0.15, -0.1) is 0 Å². The number of anilines is 1. The molecule has 0 spiro atoms. The lowest BCUT2D eigenvalue weighted by atomic mass is 10.3. The molecule has 0 aliphatic heterocycles. The van der Waals surface area contributed by atoms with Crippen molar-refractivity contribution >= 4 is 11.6 Å². The van der Waals surface area contributed by atoms with Gasteiger partial charge in [0.2, 0.25) is 0 Å². The Kier molecular flexibility index (Phi) is 6.14. The number of nitrogens with one attached hydrogen (secondary N) is 1. The summed E-state index contributed by atoms with van der Waals surface area (Å²) in [5.74, 6) is -0.188. The number of nitrogen functional groups attached to an aromatic ring is 1. The lowest BCUT2D eigenvalue weighted by molar-refractivity contribution is 0.0754. The summed E-state index contributed by atoms with van der Waals surface area (Å²) >= 11 is 0. The zero-order chi connectivity index (χ0) is 13.4. The predicted molar refractivity (Wildman–Crippen MR) is 71.3 cm³/mol. The number of nitrogens with zero attached hydrogens (tertiary/aromatic N) is 1. The lowest BCUT2D eigenvalue weighted by Gasteiger charge is -2.07. The van der Waals surface area contributed by atoms with E-state index in [1.807, 2.05) is 13.8 Å². The Balaban J connectivity index is 2.18. The van der Waals surface area contributed by atoms with Gasteiger partial charge in [0, 0.05) is 25.0 Å². The number of unbranched alkanes of at least 4 members (excludes halogenated alkanes) is 1. The number of aromatic nitrogens is 1. The molecular weight excluding hydrogens is 230 g/mol. The molecule has 1 rings (SSSR count). The maximum absolute atomic E-state index is 11.7. The molecule has 0 aromatic carbocycles. The first kappa shape index (κ1) is 14.4. The first-order chi connectivity index (χ1) is 8.59. The molecule has 1 aromatic rings. The largest absolute Gasteiger partial charge is 0.399 e. The van der Waals surface area contributed by atoms with Gasteiger partial charge in [-0.2, -0.15) is 0 Å². The van der Waals surface area contributed by atoms with E-state index < -0.39 is 0 Å². The van der Waals surface area contributed by atoms with Crippen LogP contribution >= 0.6 is 0 Å². The number of hydrogen-bond acceptors (Lipinski definition) is 4. The van der Waals surface area contributed by atoms with Crippen LogP contribution in [0.25, 0.3) is 0 Å². The van der Waals surface area contributed by atoms with Gasteiger partial charge in [-0.1, -0.05) is 0 Å². The smallest absolute Gasteiger partial charge is 0.269 e. The highest BCUT2D eigenvalue weighted by Gasteiger charge is 2.05. The van der Waals surface area contributed by atoms with Crippen LogP contribution in [0.1, 0.15) is 37.2 Å². The molecular formula is C13H21N3O2. The predicted octanol–water partition coefficient (Wildman–Crippen LogP) is 1.60. The molecule has 100 valence electrons. The van der Waals surface area contributed by atoms with E-state index in [9.17, 15) is 4.79 Å². The normalized spacial score (nSPS) is 10.6. The van der Waals surface area contributed by atoms with Gasteiger partial charge >= 0.3 is 0 Å². The summed E-state index contributed by atoms with van der Waals surface area (Å²) in [6.07, 6.45) is 3.61. The van der Waals surface area contributed by atoms with Crippen LogP contribution in [-0.2, 0) is 4.74 Å². The highest BCUT2D eigenvalue weighted by molar-refractivity contribution is 5.92. The van der Waals surface area contributed by atoms with Crippen LogP contribution < -0.4 is 11.1 Å². The molecule has 0 saturated heterocycles. The van der Waals surface area contributed by atoms with Crippen molar-refractivity contribution in [1.82, 2.24) is 10.3 Å². The van der Waals surface area contributed by atoms with Crippen LogP contribution in [0.2, 0.25) is 0 Å². The van der Waals surface area contributed by atoms with Crippen LogP contribution in [0.4, 0.5) is 5.69 Å². The summed E-state index contributed by atoms with van der Waals surface area (Å²) in [5.41, 5.74) is 6.48. The number of hydrogen-bond donors (Lipinski definition) is 2. The standard InChI is InChI=1S/C13H21N3O2/c1-10(2)18-8-4-3-6-16-13(17)12-9-11(14)5-7-15-12/h5,7,9-10H,3-4,6,8H2,1-2H3,(H2,14,15)(H,16,17). The second-order valence-corrected chi connectivity index (χ2v) is 4.36. The van der Waals surface area contributed by atoms with Gasteiger partial charge in [-0.25, -0.2) is 0 Å². The number of amides is 1. The second-order valence-electron chi connectivity index (χ2n) is 4.36. The third kappa shape index (κ3) is 5.63. The number of carbonyl (C=O) groups is 1. The monoisotopic (exact) mass is 251 g/mol. The second kappa shape index (κ2) is 7.66. The first-order valence-electron chi connectivity index (χ1n) is 6.21. The highest BCUT2D eigenvalue weighted by Crippen LogP contribution is 2.02. The van der Waals surface area contributed by atoms with Crippen LogP contribution in [0, 0.1) is 0 Å². The van der Waals surface area contributed by atoms with Gasteiger partial charge in [-0.05, 0) is 38.8 Å². The topological polar surface area (TPSA) is 77.2 Å². The average Bonchev–Trinajstić information content (AvgIpc) is 2.33. The lowest BCUT2D eigenvalue weighted by Crippen LogP contribution is -2.25. The molecule has 1 aromatic heterocycles. The van der Waals surface area contributed by atoms with Crippen molar-refractivity contribution in [3.8, 4) is 0 Å². The Morgan fingerprint density at radius 2 is 2.28 bits per heavy atom. The molecule has 3 N–H and O–H groups in total. The Bertz CT molecular complexity index is 380. The molecule has 0 bridgehead atoms. The van der Waals surface area contributed by atoms with Gasteiger partial charge in [0.1, 0.15) is 5.69 Å². The number of pyridine rings is 1. The van der Waals surface area contributed by atoms with Gasteiger partial charge in [0.05, 0.1) is 6.10 Å². The average molecular weight is 251 g/mol. The van der Waals surface area contributed by atoms with Gasteiger partial charge in [0.15, 0.2) is 0 Å². The van der Waals surface area contributed by atoms with E-state index in [1.54, 1.807) is 12.1 Å². The van der Waals surface area contributed by atoms with Gasteiger partial charge in [-0.3, -0.25) is 9.78 Å². The van der Waals surface area contributed by atoms with E-state index in [2.05, 4.69) is 10.3 Å². The quantitative estimate of drug-likeness (QED) is 0.722.